The Kier molecular flexibility index (Phi) is 10.9. The first-order valence-corrected chi connectivity index (χ1v) is 11.8. The molecular formula is C11H14BrFOZn. The van der Waals surface area contributed by atoms with Gasteiger partial charge in [0.05, 0.1) is 0 Å². The first kappa shape index (κ1) is 15.2. The van der Waals surface area contributed by atoms with E-state index in [0.29, 0.717) is 6.61 Å². The SMILES string of the molecule is CCCCOCc1[c-]ccc(F)c1.[Zn+][Br]. The second-order valence-corrected chi connectivity index (χ2v) is 2.94. The summed E-state index contributed by atoms with van der Waals surface area (Å²) in [7, 11) is 0. The predicted octanol–water partition coefficient (Wildman–Crippen LogP) is 3.79. The molecule has 0 atom stereocenters. The van der Waals surface area contributed by atoms with Crippen LogP contribution < -0.4 is 0 Å². The molecule has 0 radical (unpaired) electrons. The minimum absolute atomic E-state index is 0.229. The number of ether oxygens (including phenoxy) is 1. The number of halogens is 2. The van der Waals surface area contributed by atoms with Crippen molar-refractivity contribution in [2.75, 3.05) is 6.61 Å². The van der Waals surface area contributed by atoms with Gasteiger partial charge in [-0.25, -0.2) is 4.39 Å². The summed E-state index contributed by atoms with van der Waals surface area (Å²) < 4.78 is 18.0. The summed E-state index contributed by atoms with van der Waals surface area (Å²) in [5, 5.41) is 0. The maximum absolute atomic E-state index is 12.7. The molecule has 1 nitrogen and oxygen atoms in total. The van der Waals surface area contributed by atoms with Gasteiger partial charge in [0.2, 0.25) is 0 Å². The second-order valence-electron chi connectivity index (χ2n) is 2.94. The molecular weight excluding hydrogens is 312 g/mol. The van der Waals surface area contributed by atoms with Gasteiger partial charge in [0.1, 0.15) is 0 Å². The van der Waals surface area contributed by atoms with Gasteiger partial charge in [0, 0.05) is 19.0 Å². The van der Waals surface area contributed by atoms with E-state index in [9.17, 15) is 4.39 Å². The Morgan fingerprint density at radius 2 is 2.27 bits per heavy atom. The quantitative estimate of drug-likeness (QED) is 0.454. The van der Waals surface area contributed by atoms with Crippen LogP contribution in [0.1, 0.15) is 25.3 Å². The molecule has 1 rings (SSSR count). The van der Waals surface area contributed by atoms with Gasteiger partial charge in [0.25, 0.3) is 0 Å². The fourth-order valence-electron chi connectivity index (χ4n) is 0.996. The summed E-state index contributed by atoms with van der Waals surface area (Å²) in [6.45, 7) is 3.30. The molecule has 4 heteroatoms. The van der Waals surface area contributed by atoms with Gasteiger partial charge in [-0.2, -0.15) is 12.1 Å². The van der Waals surface area contributed by atoms with Crippen LogP contribution in [0.5, 0.6) is 0 Å². The summed E-state index contributed by atoms with van der Waals surface area (Å²) in [6, 6.07) is 7.33. The summed E-state index contributed by atoms with van der Waals surface area (Å²) >= 11 is 4.25. The second kappa shape index (κ2) is 10.7. The van der Waals surface area contributed by atoms with E-state index in [1.54, 1.807) is 6.07 Å². The molecule has 0 bridgehead atoms. The van der Waals surface area contributed by atoms with Crippen LogP contribution in [0.15, 0.2) is 18.2 Å². The van der Waals surface area contributed by atoms with Crippen LogP contribution in [0.3, 0.4) is 0 Å². The summed E-state index contributed by atoms with van der Waals surface area (Å²) in [5.41, 5.74) is 0.774. The molecule has 0 saturated heterocycles. The van der Waals surface area contributed by atoms with Crippen LogP contribution in [-0.4, -0.2) is 6.61 Å². The summed E-state index contributed by atoms with van der Waals surface area (Å²) in [6.07, 6.45) is 2.17. The molecule has 80 valence electrons. The average Bonchev–Trinajstić information content (AvgIpc) is 2.27. The summed E-state index contributed by atoms with van der Waals surface area (Å²) in [4.78, 5) is 0. The van der Waals surface area contributed by atoms with Crippen molar-refractivity contribution in [3.8, 4) is 0 Å². The van der Waals surface area contributed by atoms with Crippen LogP contribution >= 0.6 is 13.6 Å². The number of unbranched alkanes of at least 4 members (excludes halogenated alkanes) is 1. The maximum atomic E-state index is 12.7. The van der Waals surface area contributed by atoms with E-state index in [2.05, 4.69) is 26.6 Å². The summed E-state index contributed by atoms with van der Waals surface area (Å²) in [5.74, 6) is -0.229. The predicted molar refractivity (Wildman–Crippen MR) is 58.7 cm³/mol. The molecule has 0 aliphatic carbocycles. The van der Waals surface area contributed by atoms with E-state index < -0.39 is 0 Å². The Morgan fingerprint density at radius 3 is 2.87 bits per heavy atom. The van der Waals surface area contributed by atoms with Crippen molar-refractivity contribution in [3.63, 3.8) is 0 Å². The minimum atomic E-state index is -0.229. The van der Waals surface area contributed by atoms with Crippen molar-refractivity contribution >= 4 is 13.6 Å². The van der Waals surface area contributed by atoms with Gasteiger partial charge >= 0.3 is 30.0 Å². The molecule has 0 unspecified atom stereocenters. The molecule has 0 fully saturated rings. The topological polar surface area (TPSA) is 9.23 Å². The van der Waals surface area contributed by atoms with Gasteiger partial charge in [-0.1, -0.05) is 13.3 Å². The van der Waals surface area contributed by atoms with E-state index in [-0.39, 0.29) is 5.82 Å². The van der Waals surface area contributed by atoms with E-state index in [4.69, 9.17) is 4.74 Å². The van der Waals surface area contributed by atoms with E-state index in [1.165, 1.54) is 28.5 Å². The van der Waals surface area contributed by atoms with Gasteiger partial charge < -0.3 is 4.74 Å². The zero-order valence-electron chi connectivity index (χ0n) is 8.93. The van der Waals surface area contributed by atoms with E-state index in [0.717, 1.165) is 25.0 Å². The molecule has 1 aromatic carbocycles. The molecule has 0 amide bonds. The van der Waals surface area contributed by atoms with Crippen molar-refractivity contribution < 1.29 is 25.5 Å². The van der Waals surface area contributed by atoms with Crippen LogP contribution in [0, 0.1) is 11.9 Å². The number of benzene rings is 1. The Labute approximate surface area is 107 Å². The third kappa shape index (κ3) is 8.07. The molecule has 1 aromatic rings. The average molecular weight is 327 g/mol. The third-order valence-electron chi connectivity index (χ3n) is 1.72. The van der Waals surface area contributed by atoms with Crippen molar-refractivity contribution in [2.45, 2.75) is 26.4 Å². The molecule has 0 aromatic heterocycles. The molecule has 0 saturated carbocycles. The molecule has 0 heterocycles. The zero-order valence-corrected chi connectivity index (χ0v) is 13.5. The fraction of sp³-hybridized carbons (Fsp3) is 0.455. The van der Waals surface area contributed by atoms with Gasteiger partial charge in [0.15, 0.2) is 0 Å². The van der Waals surface area contributed by atoms with Crippen molar-refractivity contribution in [3.05, 3.63) is 35.6 Å². The molecule has 0 spiro atoms. The van der Waals surface area contributed by atoms with E-state index >= 15 is 0 Å². The van der Waals surface area contributed by atoms with Crippen molar-refractivity contribution in [2.24, 2.45) is 0 Å². The first-order chi connectivity index (χ1) is 7.33. The fourth-order valence-corrected chi connectivity index (χ4v) is 0.996. The Morgan fingerprint density at radius 1 is 1.53 bits per heavy atom. The molecule has 0 aliphatic rings. The van der Waals surface area contributed by atoms with Crippen LogP contribution in [0.25, 0.3) is 0 Å². The molecule has 0 N–H and O–H groups in total. The van der Waals surface area contributed by atoms with E-state index in [1.807, 2.05) is 0 Å². The number of rotatable bonds is 5. The Balaban J connectivity index is 0.000000921. The third-order valence-corrected chi connectivity index (χ3v) is 1.72. The number of hydrogen-bond donors (Lipinski definition) is 0. The van der Waals surface area contributed by atoms with Gasteiger partial charge in [-0.15, -0.1) is 17.7 Å². The van der Waals surface area contributed by atoms with Crippen LogP contribution in [0.2, 0.25) is 0 Å². The van der Waals surface area contributed by atoms with Crippen molar-refractivity contribution in [1.82, 2.24) is 0 Å². The van der Waals surface area contributed by atoms with Crippen LogP contribution in [0.4, 0.5) is 4.39 Å². The van der Waals surface area contributed by atoms with Crippen molar-refractivity contribution in [1.29, 1.82) is 0 Å². The monoisotopic (exact) mass is 324 g/mol. The number of hydrogen-bond acceptors (Lipinski definition) is 1. The standard InChI is InChI=1S/C11H14FO.BrH.Zn/c1-2-3-7-13-9-10-5-4-6-11(12)8-10;;/h4,6,8H,2-3,7,9H2,1H3;1H;/q-1;;+2/p-1. The van der Waals surface area contributed by atoms with Crippen LogP contribution in [-0.2, 0) is 27.7 Å². The molecule has 15 heavy (non-hydrogen) atoms. The molecule has 0 aliphatic heterocycles. The van der Waals surface area contributed by atoms with Gasteiger partial charge in [-0.3, -0.25) is 0 Å². The Bertz CT molecular complexity index is 258. The normalized spacial score (nSPS) is 9.40. The van der Waals surface area contributed by atoms with Gasteiger partial charge in [-0.05, 0) is 6.42 Å². The first-order valence-electron chi connectivity index (χ1n) is 4.83. The zero-order chi connectivity index (χ0) is 11.5. The Hall–Kier alpha value is 0.213.